The number of amides is 1. The number of hydrogen-bond donors (Lipinski definition) is 3. The smallest absolute Gasteiger partial charge is 0.226 e. The van der Waals surface area contributed by atoms with Crippen molar-refractivity contribution in [3.8, 4) is 11.3 Å². The molecule has 0 radical (unpaired) electrons. The average Bonchev–Trinajstić information content (AvgIpc) is 2.98. The number of carbonyl (C=O) groups is 1. The van der Waals surface area contributed by atoms with Crippen LogP contribution in [0.15, 0.2) is 34.7 Å². The first-order valence-electron chi connectivity index (χ1n) is 7.13. The van der Waals surface area contributed by atoms with Crippen molar-refractivity contribution in [1.29, 1.82) is 0 Å². The second-order valence-electron chi connectivity index (χ2n) is 4.87. The van der Waals surface area contributed by atoms with Crippen LogP contribution in [0.5, 0.6) is 0 Å². The summed E-state index contributed by atoms with van der Waals surface area (Å²) in [7, 11) is 0. The van der Waals surface area contributed by atoms with Crippen LogP contribution in [0.3, 0.4) is 0 Å². The van der Waals surface area contributed by atoms with Crippen molar-refractivity contribution < 1.29 is 14.3 Å². The van der Waals surface area contributed by atoms with Gasteiger partial charge in [0.05, 0.1) is 10.7 Å². The number of benzene rings is 1. The first-order chi connectivity index (χ1) is 11.0. The van der Waals surface area contributed by atoms with E-state index in [0.717, 1.165) is 12.0 Å². The van der Waals surface area contributed by atoms with Crippen molar-refractivity contribution in [1.82, 2.24) is 5.32 Å². The highest BCUT2D eigenvalue weighted by Crippen LogP contribution is 2.30. The molecule has 1 aromatic carbocycles. The van der Waals surface area contributed by atoms with E-state index in [9.17, 15) is 4.79 Å². The van der Waals surface area contributed by atoms with E-state index in [1.54, 1.807) is 30.3 Å². The van der Waals surface area contributed by atoms with Gasteiger partial charge >= 0.3 is 0 Å². The minimum Gasteiger partial charge on any atom is -0.459 e. The number of hydrogen-bond acceptors (Lipinski definition) is 4. The normalized spacial score (nSPS) is 10.4. The van der Waals surface area contributed by atoms with Crippen molar-refractivity contribution in [2.24, 2.45) is 0 Å². The molecule has 1 heterocycles. The van der Waals surface area contributed by atoms with Crippen LogP contribution in [0.1, 0.15) is 25.5 Å². The number of nitrogens with one attached hydrogen (secondary N) is 2. The average molecular weight is 353 g/mol. The van der Waals surface area contributed by atoms with Gasteiger partial charge in [-0.25, -0.2) is 0 Å². The van der Waals surface area contributed by atoms with Crippen LogP contribution >= 0.6 is 23.8 Å². The summed E-state index contributed by atoms with van der Waals surface area (Å²) in [6, 6.07) is 8.73. The molecule has 122 valence electrons. The molecular weight excluding hydrogens is 336 g/mol. The zero-order valence-corrected chi connectivity index (χ0v) is 14.1. The van der Waals surface area contributed by atoms with E-state index in [0.29, 0.717) is 28.7 Å². The van der Waals surface area contributed by atoms with Gasteiger partial charge in [-0.05, 0) is 49.0 Å². The summed E-state index contributed by atoms with van der Waals surface area (Å²) in [6.45, 7) is 1.76. The van der Waals surface area contributed by atoms with Crippen LogP contribution in [0.2, 0.25) is 5.02 Å². The van der Waals surface area contributed by atoms with Gasteiger partial charge in [0, 0.05) is 12.0 Å². The zero-order chi connectivity index (χ0) is 16.8. The molecule has 0 aliphatic heterocycles. The minimum atomic E-state index is -0.160. The summed E-state index contributed by atoms with van der Waals surface area (Å²) >= 11 is 11.3. The lowest BCUT2D eigenvalue weighted by molar-refractivity contribution is -0.119. The lowest BCUT2D eigenvalue weighted by atomic mass is 10.1. The van der Waals surface area contributed by atoms with Crippen LogP contribution in [-0.2, 0) is 11.4 Å². The highest BCUT2D eigenvalue weighted by Gasteiger charge is 2.10. The molecular formula is C16H17ClN2O3S. The van der Waals surface area contributed by atoms with E-state index >= 15 is 0 Å². The molecule has 3 N–H and O–H groups in total. The van der Waals surface area contributed by atoms with Crippen molar-refractivity contribution in [3.63, 3.8) is 0 Å². The molecule has 0 atom stereocenters. The number of aliphatic hydroxyl groups excluding tert-OH is 1. The van der Waals surface area contributed by atoms with E-state index < -0.39 is 0 Å². The number of halogens is 1. The number of aliphatic hydroxyl groups is 1. The Morgan fingerprint density at radius 3 is 2.78 bits per heavy atom. The molecule has 1 amide bonds. The molecule has 0 aliphatic rings. The monoisotopic (exact) mass is 352 g/mol. The van der Waals surface area contributed by atoms with Crippen molar-refractivity contribution in [3.05, 3.63) is 41.1 Å². The molecule has 0 saturated heterocycles. The third-order valence-corrected chi connectivity index (χ3v) is 3.58. The summed E-state index contributed by atoms with van der Waals surface area (Å²) in [4.78, 5) is 11.5. The summed E-state index contributed by atoms with van der Waals surface area (Å²) in [6.07, 6.45) is 1.16. The van der Waals surface area contributed by atoms with E-state index in [1.807, 2.05) is 6.92 Å². The maximum Gasteiger partial charge on any atom is 0.226 e. The van der Waals surface area contributed by atoms with Gasteiger partial charge in [-0.2, -0.15) is 0 Å². The fraction of sp³-hybridized carbons (Fsp3) is 0.250. The van der Waals surface area contributed by atoms with E-state index in [-0.39, 0.29) is 17.6 Å². The summed E-state index contributed by atoms with van der Waals surface area (Å²) in [5.41, 5.74) is 1.34. The molecule has 0 aliphatic carbocycles. The molecule has 2 aromatic rings. The third kappa shape index (κ3) is 4.79. The second kappa shape index (κ2) is 8.10. The fourth-order valence-corrected chi connectivity index (χ4v) is 2.35. The Kier molecular flexibility index (Phi) is 6.15. The van der Waals surface area contributed by atoms with Crippen molar-refractivity contribution in [2.75, 3.05) is 5.32 Å². The number of furan rings is 1. The molecule has 0 fully saturated rings. The van der Waals surface area contributed by atoms with Gasteiger partial charge in [0.2, 0.25) is 5.91 Å². The van der Waals surface area contributed by atoms with Crippen LogP contribution in [-0.4, -0.2) is 16.1 Å². The Balaban J connectivity index is 2.14. The van der Waals surface area contributed by atoms with Crippen LogP contribution in [0.4, 0.5) is 5.69 Å². The van der Waals surface area contributed by atoms with Crippen LogP contribution in [0.25, 0.3) is 11.3 Å². The standard InChI is InChI=1S/C16H17ClN2O3S/c1-2-3-15(21)19-16(23)18-13-8-10(4-6-12(13)17)14-7-5-11(9-20)22-14/h4-8,20H,2-3,9H2,1H3,(H2,18,19,21,23). The van der Waals surface area contributed by atoms with E-state index in [1.165, 1.54) is 0 Å². The van der Waals surface area contributed by atoms with E-state index in [4.69, 9.17) is 33.3 Å². The number of thiocarbonyl (C=S) groups is 1. The fourth-order valence-electron chi connectivity index (χ4n) is 1.96. The van der Waals surface area contributed by atoms with Gasteiger partial charge in [0.15, 0.2) is 5.11 Å². The van der Waals surface area contributed by atoms with Gasteiger partial charge in [-0.15, -0.1) is 0 Å². The Morgan fingerprint density at radius 1 is 1.35 bits per heavy atom. The first kappa shape index (κ1) is 17.5. The second-order valence-corrected chi connectivity index (χ2v) is 5.69. The molecule has 23 heavy (non-hydrogen) atoms. The lowest BCUT2D eigenvalue weighted by Crippen LogP contribution is -2.33. The summed E-state index contributed by atoms with van der Waals surface area (Å²) in [5.74, 6) is 0.942. The Bertz CT molecular complexity index is 715. The van der Waals surface area contributed by atoms with Gasteiger partial charge < -0.3 is 20.2 Å². The maximum absolute atomic E-state index is 11.5. The molecule has 0 spiro atoms. The van der Waals surface area contributed by atoms with Crippen LogP contribution < -0.4 is 10.6 Å². The van der Waals surface area contributed by atoms with Gasteiger partial charge in [0.1, 0.15) is 18.1 Å². The maximum atomic E-state index is 11.5. The van der Waals surface area contributed by atoms with Gasteiger partial charge in [0.25, 0.3) is 0 Å². The zero-order valence-electron chi connectivity index (χ0n) is 12.6. The Hall–Kier alpha value is -1.89. The van der Waals surface area contributed by atoms with Gasteiger partial charge in [-0.1, -0.05) is 18.5 Å². The summed E-state index contributed by atoms with van der Waals surface area (Å²) < 4.78 is 5.49. The molecule has 7 heteroatoms. The predicted octanol–water partition coefficient (Wildman–Crippen LogP) is 3.71. The Labute approximate surface area is 144 Å². The number of carbonyl (C=O) groups excluding carboxylic acids is 1. The SMILES string of the molecule is CCCC(=O)NC(=S)Nc1cc(-c2ccc(CO)o2)ccc1Cl. The Morgan fingerprint density at radius 2 is 2.13 bits per heavy atom. The topological polar surface area (TPSA) is 74.5 Å². The highest BCUT2D eigenvalue weighted by molar-refractivity contribution is 7.80. The number of rotatable bonds is 5. The van der Waals surface area contributed by atoms with E-state index in [2.05, 4.69) is 10.6 Å². The predicted molar refractivity (Wildman–Crippen MR) is 94.3 cm³/mol. The molecule has 0 bridgehead atoms. The quantitative estimate of drug-likeness (QED) is 0.715. The third-order valence-electron chi connectivity index (χ3n) is 3.05. The molecule has 1 aromatic heterocycles. The lowest BCUT2D eigenvalue weighted by Gasteiger charge is -2.11. The van der Waals surface area contributed by atoms with Crippen LogP contribution in [0, 0.1) is 0 Å². The highest BCUT2D eigenvalue weighted by atomic mass is 35.5. The molecule has 0 unspecified atom stereocenters. The number of anilines is 1. The van der Waals surface area contributed by atoms with Gasteiger partial charge in [-0.3, -0.25) is 4.79 Å². The largest absolute Gasteiger partial charge is 0.459 e. The van der Waals surface area contributed by atoms with Crippen molar-refractivity contribution >= 4 is 40.5 Å². The minimum absolute atomic E-state index is 0.143. The molecule has 0 saturated carbocycles. The first-order valence-corrected chi connectivity index (χ1v) is 7.92. The van der Waals surface area contributed by atoms with Crippen molar-refractivity contribution in [2.45, 2.75) is 26.4 Å². The summed E-state index contributed by atoms with van der Waals surface area (Å²) in [5, 5.41) is 15.2. The molecule has 2 rings (SSSR count). The molecule has 5 nitrogen and oxygen atoms in total.